The van der Waals surface area contributed by atoms with E-state index in [1.807, 2.05) is 20.8 Å². The number of carboxylic acids is 1. The Morgan fingerprint density at radius 3 is 2.75 bits per heavy atom. The summed E-state index contributed by atoms with van der Waals surface area (Å²) in [4.78, 5) is 18.1. The van der Waals surface area contributed by atoms with E-state index in [1.165, 1.54) is 0 Å². The van der Waals surface area contributed by atoms with Crippen molar-refractivity contribution >= 4 is 5.97 Å². The van der Waals surface area contributed by atoms with Crippen LogP contribution >= 0.6 is 0 Å². The molecule has 1 aromatic heterocycles. The quantitative estimate of drug-likeness (QED) is 0.682. The third kappa shape index (κ3) is 4.02. The van der Waals surface area contributed by atoms with Crippen LogP contribution in [0.3, 0.4) is 0 Å². The van der Waals surface area contributed by atoms with Crippen LogP contribution in [0.25, 0.3) is 0 Å². The predicted molar refractivity (Wildman–Crippen MR) is 61.0 cm³/mol. The SMILES string of the molecule is Cc1ncc(CNC(CC(C)C)C(=O)O)[nH]1. The van der Waals surface area contributed by atoms with Gasteiger partial charge in [0.05, 0.1) is 0 Å². The zero-order valence-corrected chi connectivity index (χ0v) is 9.95. The van der Waals surface area contributed by atoms with Crippen LogP contribution in [0.2, 0.25) is 0 Å². The van der Waals surface area contributed by atoms with E-state index in [-0.39, 0.29) is 0 Å². The molecule has 1 rings (SSSR count). The van der Waals surface area contributed by atoms with Gasteiger partial charge in [0, 0.05) is 18.4 Å². The lowest BCUT2D eigenvalue weighted by atomic mass is 10.0. The number of nitrogens with zero attached hydrogens (tertiary/aromatic N) is 1. The van der Waals surface area contributed by atoms with Crippen LogP contribution in [0.4, 0.5) is 0 Å². The van der Waals surface area contributed by atoms with Gasteiger partial charge in [-0.25, -0.2) is 4.98 Å². The number of carboxylic acid groups (broad SMARTS) is 1. The summed E-state index contributed by atoms with van der Waals surface area (Å²) in [5, 5.41) is 12.0. The minimum atomic E-state index is -0.801. The molecule has 0 spiro atoms. The molecule has 0 fully saturated rings. The van der Waals surface area contributed by atoms with E-state index in [1.54, 1.807) is 6.20 Å². The molecule has 5 nitrogen and oxygen atoms in total. The van der Waals surface area contributed by atoms with Gasteiger partial charge < -0.3 is 10.1 Å². The molecule has 0 aliphatic heterocycles. The standard InChI is InChI=1S/C11H19N3O2/c1-7(2)4-10(11(15)16)13-6-9-5-12-8(3)14-9/h5,7,10,13H,4,6H2,1-3H3,(H,12,14)(H,15,16). The smallest absolute Gasteiger partial charge is 0.320 e. The average molecular weight is 225 g/mol. The van der Waals surface area contributed by atoms with E-state index in [4.69, 9.17) is 5.11 Å². The first-order valence-corrected chi connectivity index (χ1v) is 5.45. The topological polar surface area (TPSA) is 78.0 Å². The van der Waals surface area contributed by atoms with Crippen molar-refractivity contribution in [3.05, 3.63) is 17.7 Å². The molecule has 1 heterocycles. The molecule has 0 saturated carbocycles. The zero-order chi connectivity index (χ0) is 12.1. The maximum absolute atomic E-state index is 11.0. The van der Waals surface area contributed by atoms with Crippen LogP contribution in [0, 0.1) is 12.8 Å². The molecular formula is C11H19N3O2. The highest BCUT2D eigenvalue weighted by molar-refractivity contribution is 5.73. The highest BCUT2D eigenvalue weighted by atomic mass is 16.4. The van der Waals surface area contributed by atoms with Gasteiger partial charge >= 0.3 is 5.97 Å². The Morgan fingerprint density at radius 1 is 1.62 bits per heavy atom. The van der Waals surface area contributed by atoms with Gasteiger partial charge in [0.2, 0.25) is 0 Å². The average Bonchev–Trinajstić information content (AvgIpc) is 2.58. The number of H-pyrrole nitrogens is 1. The fraction of sp³-hybridized carbons (Fsp3) is 0.636. The summed E-state index contributed by atoms with van der Waals surface area (Å²) >= 11 is 0. The van der Waals surface area contributed by atoms with Crippen molar-refractivity contribution in [2.75, 3.05) is 0 Å². The van der Waals surface area contributed by atoms with E-state index in [2.05, 4.69) is 15.3 Å². The fourth-order valence-corrected chi connectivity index (χ4v) is 1.54. The molecule has 0 aliphatic carbocycles. The summed E-state index contributed by atoms with van der Waals surface area (Å²) in [5.74, 6) is 0.398. The molecule has 0 aromatic carbocycles. The molecule has 90 valence electrons. The summed E-state index contributed by atoms with van der Waals surface area (Å²) in [6, 6.07) is -0.497. The number of aliphatic carboxylic acids is 1. The summed E-state index contributed by atoms with van der Waals surface area (Å²) in [7, 11) is 0. The Bertz CT molecular complexity index is 347. The Labute approximate surface area is 95.3 Å². The third-order valence-electron chi connectivity index (χ3n) is 2.30. The van der Waals surface area contributed by atoms with E-state index >= 15 is 0 Å². The number of rotatable bonds is 6. The van der Waals surface area contributed by atoms with Gasteiger partial charge in [-0.1, -0.05) is 13.8 Å². The van der Waals surface area contributed by atoms with Crippen molar-refractivity contribution < 1.29 is 9.90 Å². The molecule has 5 heteroatoms. The van der Waals surface area contributed by atoms with Crippen molar-refractivity contribution in [1.82, 2.24) is 15.3 Å². The Balaban J connectivity index is 2.46. The van der Waals surface area contributed by atoms with Gasteiger partial charge in [0.15, 0.2) is 0 Å². The van der Waals surface area contributed by atoms with Crippen molar-refractivity contribution in [2.45, 2.75) is 39.8 Å². The zero-order valence-electron chi connectivity index (χ0n) is 9.95. The largest absolute Gasteiger partial charge is 0.480 e. The van der Waals surface area contributed by atoms with Crippen LogP contribution in [0.5, 0.6) is 0 Å². The molecule has 0 bridgehead atoms. The Hall–Kier alpha value is -1.36. The highest BCUT2D eigenvalue weighted by Crippen LogP contribution is 2.06. The monoisotopic (exact) mass is 225 g/mol. The van der Waals surface area contributed by atoms with E-state index < -0.39 is 12.0 Å². The predicted octanol–water partition coefficient (Wildman–Crippen LogP) is 1.31. The first-order valence-electron chi connectivity index (χ1n) is 5.45. The molecular weight excluding hydrogens is 206 g/mol. The van der Waals surface area contributed by atoms with E-state index in [0.717, 1.165) is 11.5 Å². The van der Waals surface area contributed by atoms with Gasteiger partial charge in [-0.15, -0.1) is 0 Å². The van der Waals surface area contributed by atoms with Gasteiger partial charge in [-0.2, -0.15) is 0 Å². The summed E-state index contributed by atoms with van der Waals surface area (Å²) in [6.07, 6.45) is 2.35. The van der Waals surface area contributed by atoms with Crippen LogP contribution in [-0.2, 0) is 11.3 Å². The molecule has 0 aliphatic rings. The molecule has 0 saturated heterocycles. The maximum Gasteiger partial charge on any atom is 0.320 e. The number of aromatic nitrogens is 2. The first kappa shape index (κ1) is 12.7. The van der Waals surface area contributed by atoms with Crippen molar-refractivity contribution in [3.8, 4) is 0 Å². The van der Waals surface area contributed by atoms with Crippen molar-refractivity contribution in [2.24, 2.45) is 5.92 Å². The minimum Gasteiger partial charge on any atom is -0.480 e. The second-order valence-corrected chi connectivity index (χ2v) is 4.40. The lowest BCUT2D eigenvalue weighted by Crippen LogP contribution is -2.37. The van der Waals surface area contributed by atoms with Crippen molar-refractivity contribution in [1.29, 1.82) is 0 Å². The third-order valence-corrected chi connectivity index (χ3v) is 2.30. The minimum absolute atomic E-state index is 0.358. The fourth-order valence-electron chi connectivity index (χ4n) is 1.54. The first-order chi connectivity index (χ1) is 7.49. The Morgan fingerprint density at radius 2 is 2.31 bits per heavy atom. The highest BCUT2D eigenvalue weighted by Gasteiger charge is 2.18. The molecule has 1 unspecified atom stereocenters. The number of aromatic amines is 1. The van der Waals surface area contributed by atoms with Gasteiger partial charge in [-0.05, 0) is 19.3 Å². The summed E-state index contributed by atoms with van der Waals surface area (Å²) in [5.41, 5.74) is 0.910. The molecule has 16 heavy (non-hydrogen) atoms. The van der Waals surface area contributed by atoms with Gasteiger partial charge in [0.25, 0.3) is 0 Å². The summed E-state index contributed by atoms with van der Waals surface area (Å²) < 4.78 is 0. The number of nitrogens with one attached hydrogen (secondary N) is 2. The molecule has 1 aromatic rings. The van der Waals surface area contributed by atoms with E-state index in [9.17, 15) is 4.79 Å². The van der Waals surface area contributed by atoms with Gasteiger partial charge in [0.1, 0.15) is 11.9 Å². The summed E-state index contributed by atoms with van der Waals surface area (Å²) in [6.45, 7) is 6.40. The van der Waals surface area contributed by atoms with Gasteiger partial charge in [-0.3, -0.25) is 10.1 Å². The Kier molecular flexibility index (Phi) is 4.49. The normalized spacial score (nSPS) is 13.0. The second-order valence-electron chi connectivity index (χ2n) is 4.40. The molecule has 0 radical (unpaired) electrons. The lowest BCUT2D eigenvalue weighted by molar-refractivity contribution is -0.140. The number of carbonyl (C=O) groups is 1. The molecule has 1 atom stereocenters. The number of imidazole rings is 1. The molecule has 3 N–H and O–H groups in total. The van der Waals surface area contributed by atoms with Crippen molar-refractivity contribution in [3.63, 3.8) is 0 Å². The van der Waals surface area contributed by atoms with Crippen LogP contribution in [-0.4, -0.2) is 27.1 Å². The van der Waals surface area contributed by atoms with Crippen LogP contribution < -0.4 is 5.32 Å². The molecule has 0 amide bonds. The second kappa shape index (κ2) is 5.65. The number of hydrogen-bond acceptors (Lipinski definition) is 3. The number of hydrogen-bond donors (Lipinski definition) is 3. The maximum atomic E-state index is 11.0. The van der Waals surface area contributed by atoms with E-state index in [0.29, 0.717) is 18.9 Å². The van der Waals surface area contributed by atoms with Crippen LogP contribution in [0.1, 0.15) is 31.8 Å². The van der Waals surface area contributed by atoms with Crippen LogP contribution in [0.15, 0.2) is 6.20 Å². The lowest BCUT2D eigenvalue weighted by Gasteiger charge is -2.15. The number of aryl methyl sites for hydroxylation is 1.